The zero-order valence-corrected chi connectivity index (χ0v) is 16.0. The van der Waals surface area contributed by atoms with E-state index in [4.69, 9.17) is 15.2 Å². The molecule has 2 aromatic carbocycles. The maximum atomic E-state index is 13.5. The fourth-order valence-electron chi connectivity index (χ4n) is 3.12. The molecule has 1 aromatic heterocycles. The molecule has 1 aliphatic rings. The van der Waals surface area contributed by atoms with E-state index >= 15 is 0 Å². The van der Waals surface area contributed by atoms with Gasteiger partial charge in [0.1, 0.15) is 5.82 Å². The first-order valence-corrected chi connectivity index (χ1v) is 9.17. The van der Waals surface area contributed by atoms with Crippen molar-refractivity contribution >= 4 is 23.1 Å². The molecule has 0 aliphatic carbocycles. The van der Waals surface area contributed by atoms with Gasteiger partial charge in [-0.05, 0) is 23.8 Å². The molecule has 4 rings (SSSR count). The van der Waals surface area contributed by atoms with Gasteiger partial charge in [0.15, 0.2) is 11.5 Å². The Morgan fingerprint density at radius 3 is 2.65 bits per heavy atom. The molecule has 0 spiro atoms. The van der Waals surface area contributed by atoms with Gasteiger partial charge in [-0.25, -0.2) is 4.98 Å². The number of ether oxygens (including phenoxy) is 2. The normalized spacial score (nSPS) is 12.5. The fourth-order valence-corrected chi connectivity index (χ4v) is 3.12. The second-order valence-electron chi connectivity index (χ2n) is 6.68. The van der Waals surface area contributed by atoms with Crippen LogP contribution in [0.1, 0.15) is 21.5 Å². The van der Waals surface area contributed by atoms with Crippen LogP contribution in [0.15, 0.2) is 54.7 Å². The molecule has 0 radical (unpaired) electrons. The summed E-state index contributed by atoms with van der Waals surface area (Å²) >= 11 is 0. The number of anilines is 3. The first kappa shape index (κ1) is 20.3. The molecule has 4 N–H and O–H groups in total. The first-order chi connectivity index (χ1) is 14.8. The number of nitrogens with two attached hydrogens (primary N) is 1. The number of halogens is 3. The highest BCUT2D eigenvalue weighted by molar-refractivity contribution is 5.94. The number of hydrogen-bond acceptors (Lipinski definition) is 6. The van der Waals surface area contributed by atoms with Crippen LogP contribution >= 0.6 is 0 Å². The van der Waals surface area contributed by atoms with Crippen LogP contribution in [0.5, 0.6) is 11.5 Å². The molecule has 10 heteroatoms. The maximum Gasteiger partial charge on any atom is 0.419 e. The Morgan fingerprint density at radius 2 is 1.87 bits per heavy atom. The minimum absolute atomic E-state index is 0.0321. The molecule has 160 valence electrons. The summed E-state index contributed by atoms with van der Waals surface area (Å²) < 4.78 is 51.0. The third kappa shape index (κ3) is 4.47. The predicted octanol–water partition coefficient (Wildman–Crippen LogP) is 4.28. The summed E-state index contributed by atoms with van der Waals surface area (Å²) in [4.78, 5) is 15.5. The highest BCUT2D eigenvalue weighted by atomic mass is 19.4. The SMILES string of the molecule is NC(=O)c1ccccc1CNc1cc(Nc2ccc3c(c2)OCO3)ncc1C(F)(F)F. The monoisotopic (exact) mass is 430 g/mol. The van der Waals surface area contributed by atoms with Crippen molar-refractivity contribution in [1.82, 2.24) is 4.98 Å². The lowest BCUT2D eigenvalue weighted by molar-refractivity contribution is -0.137. The van der Waals surface area contributed by atoms with Gasteiger partial charge in [-0.15, -0.1) is 0 Å². The summed E-state index contributed by atoms with van der Waals surface area (Å²) in [6.45, 7) is 0.0772. The van der Waals surface area contributed by atoms with Crippen molar-refractivity contribution in [2.45, 2.75) is 12.7 Å². The van der Waals surface area contributed by atoms with Crippen molar-refractivity contribution in [1.29, 1.82) is 0 Å². The number of carbonyl (C=O) groups is 1. The average molecular weight is 430 g/mol. The lowest BCUT2D eigenvalue weighted by atomic mass is 10.1. The molecule has 0 saturated heterocycles. The summed E-state index contributed by atoms with van der Waals surface area (Å²) in [5.74, 6) is 0.644. The van der Waals surface area contributed by atoms with Gasteiger partial charge in [0, 0.05) is 36.1 Å². The summed E-state index contributed by atoms with van der Waals surface area (Å²) in [7, 11) is 0. The van der Waals surface area contributed by atoms with Gasteiger partial charge in [-0.2, -0.15) is 13.2 Å². The van der Waals surface area contributed by atoms with Crippen molar-refractivity contribution in [3.8, 4) is 11.5 Å². The van der Waals surface area contributed by atoms with Gasteiger partial charge in [-0.1, -0.05) is 18.2 Å². The van der Waals surface area contributed by atoms with Crippen LogP contribution in [-0.2, 0) is 12.7 Å². The van der Waals surface area contributed by atoms with Crippen molar-refractivity contribution in [2.75, 3.05) is 17.4 Å². The number of amides is 1. The number of pyridine rings is 1. The number of nitrogens with one attached hydrogen (secondary N) is 2. The smallest absolute Gasteiger partial charge is 0.419 e. The van der Waals surface area contributed by atoms with Crippen LogP contribution < -0.4 is 25.8 Å². The quantitative estimate of drug-likeness (QED) is 0.540. The predicted molar refractivity (Wildman–Crippen MR) is 107 cm³/mol. The standard InChI is InChI=1S/C21H17F3N4O3/c22-21(23,24)15-10-27-19(28-13-5-6-17-18(7-13)31-11-30-17)8-16(15)26-9-12-3-1-2-4-14(12)20(25)29/h1-8,10H,9,11H2,(H2,25,29)(H2,26,27,28). The molecule has 0 bridgehead atoms. The van der Waals surface area contributed by atoms with Crippen LogP contribution in [-0.4, -0.2) is 17.7 Å². The molecular formula is C21H17F3N4O3. The Balaban J connectivity index is 1.60. The second kappa shape index (κ2) is 8.05. The van der Waals surface area contributed by atoms with Crippen molar-refractivity contribution < 1.29 is 27.4 Å². The zero-order valence-electron chi connectivity index (χ0n) is 16.0. The summed E-state index contributed by atoms with van der Waals surface area (Å²) in [6.07, 6.45) is -3.87. The average Bonchev–Trinajstić information content (AvgIpc) is 3.19. The number of rotatable bonds is 6. The van der Waals surface area contributed by atoms with E-state index < -0.39 is 17.6 Å². The molecule has 3 aromatic rings. The number of primary amides is 1. The number of hydrogen-bond donors (Lipinski definition) is 3. The van der Waals surface area contributed by atoms with E-state index in [2.05, 4.69) is 15.6 Å². The number of benzene rings is 2. The van der Waals surface area contributed by atoms with E-state index in [1.807, 2.05) is 0 Å². The molecule has 1 amide bonds. The van der Waals surface area contributed by atoms with E-state index in [-0.39, 0.29) is 30.4 Å². The van der Waals surface area contributed by atoms with Crippen molar-refractivity contribution in [3.63, 3.8) is 0 Å². The molecule has 31 heavy (non-hydrogen) atoms. The van der Waals surface area contributed by atoms with Crippen LogP contribution in [0.25, 0.3) is 0 Å². The van der Waals surface area contributed by atoms with E-state index in [9.17, 15) is 18.0 Å². The Labute approximate surface area is 175 Å². The topological polar surface area (TPSA) is 98.5 Å². The highest BCUT2D eigenvalue weighted by Crippen LogP contribution is 2.37. The Morgan fingerprint density at radius 1 is 1.10 bits per heavy atom. The third-order valence-electron chi connectivity index (χ3n) is 4.61. The molecule has 1 aliphatic heterocycles. The van der Waals surface area contributed by atoms with Gasteiger partial charge in [0.2, 0.25) is 12.7 Å². The molecular weight excluding hydrogens is 413 g/mol. The zero-order chi connectivity index (χ0) is 22.0. The molecule has 0 fully saturated rings. The molecule has 0 saturated carbocycles. The van der Waals surface area contributed by atoms with E-state index in [0.29, 0.717) is 22.7 Å². The summed E-state index contributed by atoms with van der Waals surface area (Å²) in [5.41, 5.74) is 5.51. The maximum absolute atomic E-state index is 13.5. The van der Waals surface area contributed by atoms with Crippen LogP contribution in [0.4, 0.5) is 30.4 Å². The number of fused-ring (bicyclic) bond motifs is 1. The van der Waals surface area contributed by atoms with E-state index in [1.54, 1.807) is 36.4 Å². The number of carbonyl (C=O) groups excluding carboxylic acids is 1. The first-order valence-electron chi connectivity index (χ1n) is 9.17. The summed E-state index contributed by atoms with van der Waals surface area (Å²) in [6, 6.07) is 12.7. The lowest BCUT2D eigenvalue weighted by Gasteiger charge is -2.17. The van der Waals surface area contributed by atoms with Crippen molar-refractivity contribution in [3.05, 3.63) is 71.4 Å². The summed E-state index contributed by atoms with van der Waals surface area (Å²) in [5, 5.41) is 5.70. The number of nitrogens with zero attached hydrogens (tertiary/aromatic N) is 1. The number of alkyl halides is 3. The molecule has 0 unspecified atom stereocenters. The minimum Gasteiger partial charge on any atom is -0.454 e. The van der Waals surface area contributed by atoms with Gasteiger partial charge >= 0.3 is 6.18 Å². The van der Waals surface area contributed by atoms with Gasteiger partial charge in [0.05, 0.1) is 11.3 Å². The lowest BCUT2D eigenvalue weighted by Crippen LogP contribution is -2.16. The van der Waals surface area contributed by atoms with E-state index in [0.717, 1.165) is 6.20 Å². The Hall–Kier alpha value is -3.95. The number of aromatic nitrogens is 1. The van der Waals surface area contributed by atoms with Crippen molar-refractivity contribution in [2.24, 2.45) is 5.73 Å². The Bertz CT molecular complexity index is 1140. The van der Waals surface area contributed by atoms with Gasteiger partial charge in [0.25, 0.3) is 0 Å². The molecule has 0 atom stereocenters. The molecule has 7 nitrogen and oxygen atoms in total. The van der Waals surface area contributed by atoms with Crippen LogP contribution in [0.2, 0.25) is 0 Å². The van der Waals surface area contributed by atoms with Gasteiger partial charge < -0.3 is 25.8 Å². The molecule has 2 heterocycles. The minimum atomic E-state index is -4.62. The second-order valence-corrected chi connectivity index (χ2v) is 6.68. The van der Waals surface area contributed by atoms with E-state index in [1.165, 1.54) is 12.1 Å². The van der Waals surface area contributed by atoms with Crippen LogP contribution in [0.3, 0.4) is 0 Å². The largest absolute Gasteiger partial charge is 0.454 e. The van der Waals surface area contributed by atoms with Gasteiger partial charge in [-0.3, -0.25) is 4.79 Å². The Kier molecular flexibility index (Phi) is 5.28. The van der Waals surface area contributed by atoms with Crippen LogP contribution in [0, 0.1) is 0 Å². The highest BCUT2D eigenvalue weighted by Gasteiger charge is 2.34. The fraction of sp³-hybridized carbons (Fsp3) is 0.143. The third-order valence-corrected chi connectivity index (χ3v) is 4.61.